The van der Waals surface area contributed by atoms with E-state index in [2.05, 4.69) is 15.1 Å². The molecule has 1 aromatic heterocycles. The van der Waals surface area contributed by atoms with Crippen LogP contribution in [0, 0.1) is 11.6 Å². The van der Waals surface area contributed by atoms with Gasteiger partial charge in [0.05, 0.1) is 29.6 Å². The van der Waals surface area contributed by atoms with Gasteiger partial charge in [0.15, 0.2) is 5.78 Å². The predicted molar refractivity (Wildman–Crippen MR) is 98.4 cm³/mol. The van der Waals surface area contributed by atoms with E-state index in [0.717, 1.165) is 19.2 Å². The van der Waals surface area contributed by atoms with Crippen molar-refractivity contribution in [1.82, 2.24) is 14.8 Å². The molecule has 4 rings (SSSR count). The van der Waals surface area contributed by atoms with Crippen molar-refractivity contribution in [2.45, 2.75) is 5.92 Å². The molecule has 1 aliphatic rings. The highest BCUT2D eigenvalue weighted by atomic mass is 19.1. The number of rotatable bonds is 3. The molecule has 0 saturated carbocycles. The number of aromatic nitrogens is 3. The Bertz CT molecular complexity index is 1170. The molecule has 0 bridgehead atoms. The van der Waals surface area contributed by atoms with Crippen molar-refractivity contribution in [1.29, 1.82) is 0 Å². The molecule has 3 aromatic rings. The Labute approximate surface area is 163 Å². The van der Waals surface area contributed by atoms with Gasteiger partial charge in [-0.05, 0) is 23.8 Å². The molecule has 29 heavy (non-hydrogen) atoms. The lowest BCUT2D eigenvalue weighted by atomic mass is 9.83. The molecule has 0 spiro atoms. The SMILES string of the molecule is COC(=O)c1cc(F)cc2c1C(=O)[C@H](c1ncnn1C)C(c1ccc(F)cc1)=N2. The van der Waals surface area contributed by atoms with E-state index in [1.807, 2.05) is 0 Å². The Morgan fingerprint density at radius 3 is 2.48 bits per heavy atom. The van der Waals surface area contributed by atoms with Gasteiger partial charge in [-0.25, -0.2) is 18.6 Å². The number of carbonyl (C=O) groups is 2. The van der Waals surface area contributed by atoms with E-state index < -0.39 is 29.3 Å². The number of aryl methyl sites for hydroxylation is 1. The molecule has 0 fully saturated rings. The maximum atomic E-state index is 14.1. The normalized spacial score (nSPS) is 15.7. The van der Waals surface area contributed by atoms with E-state index in [0.29, 0.717) is 5.56 Å². The first-order chi connectivity index (χ1) is 13.9. The van der Waals surface area contributed by atoms with Crippen LogP contribution >= 0.6 is 0 Å². The largest absolute Gasteiger partial charge is 0.465 e. The van der Waals surface area contributed by atoms with E-state index >= 15 is 0 Å². The number of halogens is 2. The molecule has 0 aliphatic carbocycles. The molecule has 0 unspecified atom stereocenters. The fourth-order valence-electron chi connectivity index (χ4n) is 3.33. The summed E-state index contributed by atoms with van der Waals surface area (Å²) in [5.74, 6) is -3.29. The Kier molecular flexibility index (Phi) is 4.50. The monoisotopic (exact) mass is 396 g/mol. The summed E-state index contributed by atoms with van der Waals surface area (Å²) in [6, 6.07) is 7.41. The number of ether oxygens (including phenoxy) is 1. The summed E-state index contributed by atoms with van der Waals surface area (Å²) < 4.78 is 33.6. The lowest BCUT2D eigenvalue weighted by Gasteiger charge is -2.24. The molecule has 0 saturated heterocycles. The van der Waals surface area contributed by atoms with E-state index in [1.54, 1.807) is 7.05 Å². The number of hydrogen-bond donors (Lipinski definition) is 0. The fraction of sp³-hybridized carbons (Fsp3) is 0.150. The Morgan fingerprint density at radius 1 is 1.14 bits per heavy atom. The Balaban J connectivity index is 2.01. The first-order valence-corrected chi connectivity index (χ1v) is 8.55. The summed E-state index contributed by atoms with van der Waals surface area (Å²) in [5.41, 5.74) is 0.425. The Hall–Kier alpha value is -3.75. The number of benzene rings is 2. The van der Waals surface area contributed by atoms with Crippen LogP contribution < -0.4 is 0 Å². The van der Waals surface area contributed by atoms with Crippen molar-refractivity contribution in [2.75, 3.05) is 7.11 Å². The molecular formula is C20H14F2N4O3. The second kappa shape index (κ2) is 7.01. The summed E-state index contributed by atoms with van der Waals surface area (Å²) >= 11 is 0. The van der Waals surface area contributed by atoms with Crippen molar-refractivity contribution in [2.24, 2.45) is 12.0 Å². The third kappa shape index (κ3) is 3.10. The lowest BCUT2D eigenvalue weighted by molar-refractivity contribution is 0.0596. The summed E-state index contributed by atoms with van der Waals surface area (Å²) in [4.78, 5) is 34.3. The van der Waals surface area contributed by atoms with Gasteiger partial charge in [0.25, 0.3) is 0 Å². The van der Waals surface area contributed by atoms with E-state index in [1.165, 1.54) is 35.3 Å². The van der Waals surface area contributed by atoms with Gasteiger partial charge in [0.2, 0.25) is 0 Å². The van der Waals surface area contributed by atoms with Crippen LogP contribution in [0.25, 0.3) is 0 Å². The molecule has 9 heteroatoms. The van der Waals surface area contributed by atoms with Crippen LogP contribution in [0.4, 0.5) is 14.5 Å². The maximum Gasteiger partial charge on any atom is 0.338 e. The van der Waals surface area contributed by atoms with Gasteiger partial charge in [-0.15, -0.1) is 0 Å². The molecule has 2 heterocycles. The third-order valence-electron chi connectivity index (χ3n) is 4.66. The van der Waals surface area contributed by atoms with Crippen molar-refractivity contribution in [3.8, 4) is 0 Å². The summed E-state index contributed by atoms with van der Waals surface area (Å²) in [6.07, 6.45) is 1.28. The van der Waals surface area contributed by atoms with Crippen LogP contribution in [0.15, 0.2) is 47.7 Å². The second-order valence-electron chi connectivity index (χ2n) is 6.38. The van der Waals surface area contributed by atoms with E-state index in [9.17, 15) is 18.4 Å². The van der Waals surface area contributed by atoms with Crippen molar-refractivity contribution >= 4 is 23.2 Å². The summed E-state index contributed by atoms with van der Waals surface area (Å²) in [5, 5.41) is 4.00. The number of nitrogens with zero attached hydrogens (tertiary/aromatic N) is 4. The van der Waals surface area contributed by atoms with Gasteiger partial charge in [0, 0.05) is 13.1 Å². The zero-order valence-corrected chi connectivity index (χ0v) is 15.4. The van der Waals surface area contributed by atoms with Gasteiger partial charge >= 0.3 is 5.97 Å². The van der Waals surface area contributed by atoms with Crippen LogP contribution in [0.1, 0.15) is 38.0 Å². The van der Waals surface area contributed by atoms with E-state index in [-0.39, 0.29) is 28.4 Å². The number of methoxy groups -OCH3 is 1. The van der Waals surface area contributed by atoms with Crippen molar-refractivity contribution in [3.05, 3.63) is 76.9 Å². The standard InChI is InChI=1S/C20H14F2N4O3/c1-26-19(23-9-24-26)16-17(10-3-5-11(21)6-4-10)25-14-8-12(22)7-13(20(28)29-2)15(14)18(16)27/h3-9,16H,1-2H3/t16-/m1/s1. The first-order valence-electron chi connectivity index (χ1n) is 8.55. The lowest BCUT2D eigenvalue weighted by Crippen LogP contribution is -2.30. The number of fused-ring (bicyclic) bond motifs is 1. The zero-order valence-electron chi connectivity index (χ0n) is 15.4. The third-order valence-corrected chi connectivity index (χ3v) is 4.66. The Morgan fingerprint density at radius 2 is 1.86 bits per heavy atom. The molecule has 7 nitrogen and oxygen atoms in total. The van der Waals surface area contributed by atoms with E-state index in [4.69, 9.17) is 4.74 Å². The summed E-state index contributed by atoms with van der Waals surface area (Å²) in [7, 11) is 2.75. The van der Waals surface area contributed by atoms with Crippen LogP contribution in [-0.2, 0) is 11.8 Å². The molecule has 146 valence electrons. The number of carbonyl (C=O) groups excluding carboxylic acids is 2. The minimum absolute atomic E-state index is 0.00635. The molecule has 1 atom stereocenters. The van der Waals surface area contributed by atoms with Crippen molar-refractivity contribution in [3.63, 3.8) is 0 Å². The number of ketones is 1. The number of aliphatic imine (C=N–C) groups is 1. The van der Waals surface area contributed by atoms with Crippen LogP contribution in [0.5, 0.6) is 0 Å². The van der Waals surface area contributed by atoms with Gasteiger partial charge in [-0.1, -0.05) is 12.1 Å². The van der Waals surface area contributed by atoms with Crippen LogP contribution in [0.3, 0.4) is 0 Å². The summed E-state index contributed by atoms with van der Waals surface area (Å²) in [6.45, 7) is 0. The van der Waals surface area contributed by atoms with Crippen LogP contribution in [0.2, 0.25) is 0 Å². The minimum atomic E-state index is -1.02. The van der Waals surface area contributed by atoms with Gasteiger partial charge < -0.3 is 4.74 Å². The fourth-order valence-corrected chi connectivity index (χ4v) is 3.33. The average molecular weight is 396 g/mol. The zero-order chi connectivity index (χ0) is 20.7. The van der Waals surface area contributed by atoms with Gasteiger partial charge in [-0.2, -0.15) is 5.10 Å². The predicted octanol–water partition coefficient (Wildman–Crippen LogP) is 2.98. The molecule has 0 amide bonds. The molecule has 2 aromatic carbocycles. The van der Waals surface area contributed by atoms with Crippen molar-refractivity contribution < 1.29 is 23.1 Å². The highest BCUT2D eigenvalue weighted by molar-refractivity contribution is 6.28. The number of esters is 1. The second-order valence-corrected chi connectivity index (χ2v) is 6.38. The number of hydrogen-bond acceptors (Lipinski definition) is 6. The quantitative estimate of drug-likeness (QED) is 0.636. The minimum Gasteiger partial charge on any atom is -0.465 e. The maximum absolute atomic E-state index is 14.1. The molecular weight excluding hydrogens is 382 g/mol. The van der Waals surface area contributed by atoms with Crippen LogP contribution in [-0.4, -0.2) is 39.3 Å². The highest BCUT2D eigenvalue weighted by Crippen LogP contribution is 2.38. The highest BCUT2D eigenvalue weighted by Gasteiger charge is 2.39. The first kappa shape index (κ1) is 18.6. The average Bonchev–Trinajstić information content (AvgIpc) is 3.12. The number of Topliss-reactive ketones (excluding diaryl/α,β-unsaturated/α-hetero) is 1. The molecule has 1 aliphatic heterocycles. The smallest absolute Gasteiger partial charge is 0.338 e. The molecule has 0 N–H and O–H groups in total. The van der Waals surface area contributed by atoms with Gasteiger partial charge in [-0.3, -0.25) is 14.5 Å². The van der Waals surface area contributed by atoms with Gasteiger partial charge in [0.1, 0.15) is 29.7 Å². The molecule has 0 radical (unpaired) electrons. The topological polar surface area (TPSA) is 86.4 Å².